The molecule has 0 unspecified atom stereocenters. The summed E-state index contributed by atoms with van der Waals surface area (Å²) in [6.45, 7) is 8.28. The molecular weight excluding hydrogens is 288 g/mol. The van der Waals surface area contributed by atoms with Crippen LogP contribution in [0.3, 0.4) is 0 Å². The van der Waals surface area contributed by atoms with Gasteiger partial charge in [0.15, 0.2) is 0 Å². The molecule has 0 N–H and O–H groups in total. The summed E-state index contributed by atoms with van der Waals surface area (Å²) < 4.78 is 0. The van der Waals surface area contributed by atoms with Crippen molar-refractivity contribution in [1.82, 2.24) is 0 Å². The maximum absolute atomic E-state index is 11.4. The normalized spacial score (nSPS) is 15.3. The third-order valence-corrected chi connectivity index (χ3v) is 4.00. The van der Waals surface area contributed by atoms with E-state index in [-0.39, 0.29) is 5.12 Å². The van der Waals surface area contributed by atoms with E-state index in [9.17, 15) is 4.79 Å². The van der Waals surface area contributed by atoms with E-state index in [0.29, 0.717) is 5.92 Å². The first kappa shape index (κ1) is 20.7. The number of carbonyl (C=O) groups excluding carboxylic acids is 1. The monoisotopic (exact) mass is 318 g/mol. The third-order valence-electron chi connectivity index (χ3n) is 3.31. The second kappa shape index (κ2) is 13.4. The van der Waals surface area contributed by atoms with Gasteiger partial charge in [-0.15, -0.1) is 0 Å². The Morgan fingerprint density at radius 1 is 1.18 bits per heavy atom. The smallest absolute Gasteiger partial charge is 0.214 e. The summed E-state index contributed by atoms with van der Waals surface area (Å²) in [6, 6.07) is 0. The van der Waals surface area contributed by atoms with Crippen molar-refractivity contribution in [2.45, 2.75) is 47.0 Å². The minimum Gasteiger partial charge on any atom is -0.282 e. The lowest BCUT2D eigenvalue weighted by atomic mass is 10.0. The molecule has 0 fully saturated rings. The molecule has 0 aliphatic rings. The van der Waals surface area contributed by atoms with Crippen LogP contribution in [0.15, 0.2) is 59.8 Å². The highest BCUT2D eigenvalue weighted by atomic mass is 32.2. The molecule has 0 radical (unpaired) electrons. The predicted octanol–water partition coefficient (Wildman–Crippen LogP) is 6.26. The van der Waals surface area contributed by atoms with Gasteiger partial charge in [0.1, 0.15) is 0 Å². The van der Waals surface area contributed by atoms with Crippen molar-refractivity contribution in [1.29, 1.82) is 0 Å². The van der Waals surface area contributed by atoms with Crippen LogP contribution in [0.1, 0.15) is 47.0 Å². The Labute approximate surface area is 141 Å². The molecule has 1 atom stereocenters. The minimum atomic E-state index is 0.180. The number of allylic oxidation sites excluding steroid dienone is 9. The van der Waals surface area contributed by atoms with Crippen LogP contribution in [0.2, 0.25) is 0 Å². The van der Waals surface area contributed by atoms with Crippen molar-refractivity contribution in [3.8, 4) is 0 Å². The lowest BCUT2D eigenvalue weighted by molar-refractivity contribution is -0.107. The largest absolute Gasteiger partial charge is 0.282 e. The van der Waals surface area contributed by atoms with E-state index in [4.69, 9.17) is 0 Å². The molecule has 0 aromatic rings. The fraction of sp³-hybridized carbons (Fsp3) is 0.450. The highest BCUT2D eigenvalue weighted by Crippen LogP contribution is 2.14. The number of hydrogen-bond acceptors (Lipinski definition) is 2. The number of rotatable bonds is 9. The van der Waals surface area contributed by atoms with Gasteiger partial charge in [0.2, 0.25) is 5.12 Å². The molecule has 0 aliphatic heterocycles. The first-order valence-corrected chi connectivity index (χ1v) is 9.11. The lowest BCUT2D eigenvalue weighted by Crippen LogP contribution is -1.94. The van der Waals surface area contributed by atoms with Crippen molar-refractivity contribution >= 4 is 16.9 Å². The SMILES string of the molecule is C/C=C/C=C/C=C(C)/C=C/C[C@@H](C)CC/C=C(\C)C(=O)SC. The van der Waals surface area contributed by atoms with E-state index < -0.39 is 0 Å². The number of thioether (sulfide) groups is 1. The van der Waals surface area contributed by atoms with Crippen LogP contribution in [0.25, 0.3) is 0 Å². The summed E-state index contributed by atoms with van der Waals surface area (Å²) in [5.41, 5.74) is 2.14. The molecule has 0 amide bonds. The molecule has 0 spiro atoms. The van der Waals surface area contributed by atoms with E-state index in [1.807, 2.05) is 38.3 Å². The summed E-state index contributed by atoms with van der Waals surface area (Å²) in [6.07, 6.45) is 21.7. The van der Waals surface area contributed by atoms with E-state index in [1.54, 1.807) is 0 Å². The van der Waals surface area contributed by atoms with Gasteiger partial charge in [-0.1, -0.05) is 72.9 Å². The summed E-state index contributed by atoms with van der Waals surface area (Å²) in [4.78, 5) is 11.4. The maximum atomic E-state index is 11.4. The standard InChI is InChI=1S/C20H30OS/c1-6-7-8-9-12-17(2)13-10-14-18(3)15-11-16-19(4)20(21)22-5/h6-10,12-13,16,18H,11,14-15H2,1-5H3/b7-6+,9-8+,13-10+,17-12+,19-16+/t18-/m1/s1. The van der Waals surface area contributed by atoms with Crippen LogP contribution in [0.5, 0.6) is 0 Å². The van der Waals surface area contributed by atoms with Gasteiger partial charge in [0, 0.05) is 0 Å². The Balaban J connectivity index is 4.10. The lowest BCUT2D eigenvalue weighted by Gasteiger charge is -2.06. The summed E-state index contributed by atoms with van der Waals surface area (Å²) >= 11 is 1.28. The molecule has 0 aromatic heterocycles. The van der Waals surface area contributed by atoms with E-state index >= 15 is 0 Å². The van der Waals surface area contributed by atoms with Gasteiger partial charge in [0.05, 0.1) is 0 Å². The van der Waals surface area contributed by atoms with Crippen LogP contribution < -0.4 is 0 Å². The average Bonchev–Trinajstić information content (AvgIpc) is 2.50. The average molecular weight is 319 g/mol. The van der Waals surface area contributed by atoms with Gasteiger partial charge in [-0.2, -0.15) is 0 Å². The molecule has 0 bridgehead atoms. The summed E-state index contributed by atoms with van der Waals surface area (Å²) in [7, 11) is 0. The van der Waals surface area contributed by atoms with E-state index in [2.05, 4.69) is 44.2 Å². The van der Waals surface area contributed by atoms with Crippen LogP contribution >= 0.6 is 11.8 Å². The predicted molar refractivity (Wildman–Crippen MR) is 102 cm³/mol. The highest BCUT2D eigenvalue weighted by molar-refractivity contribution is 8.13. The Morgan fingerprint density at radius 3 is 2.55 bits per heavy atom. The maximum Gasteiger partial charge on any atom is 0.214 e. The topological polar surface area (TPSA) is 17.1 Å². The minimum absolute atomic E-state index is 0.180. The van der Waals surface area contributed by atoms with Crippen molar-refractivity contribution in [3.63, 3.8) is 0 Å². The summed E-state index contributed by atoms with van der Waals surface area (Å²) in [5.74, 6) is 0.635. The Morgan fingerprint density at radius 2 is 1.91 bits per heavy atom. The molecule has 0 aliphatic carbocycles. The molecule has 2 heteroatoms. The van der Waals surface area contributed by atoms with Crippen LogP contribution in [0.4, 0.5) is 0 Å². The molecule has 0 rings (SSSR count). The second-order valence-corrected chi connectivity index (χ2v) is 6.30. The zero-order chi connectivity index (χ0) is 16.8. The van der Waals surface area contributed by atoms with Crippen LogP contribution in [-0.4, -0.2) is 11.4 Å². The van der Waals surface area contributed by atoms with Gasteiger partial charge >= 0.3 is 0 Å². The Bertz CT molecular complexity index is 464. The van der Waals surface area contributed by atoms with Crippen molar-refractivity contribution in [2.75, 3.05) is 6.26 Å². The quantitative estimate of drug-likeness (QED) is 0.368. The zero-order valence-electron chi connectivity index (χ0n) is 14.6. The molecule has 1 nitrogen and oxygen atoms in total. The molecule has 0 saturated heterocycles. The summed E-state index contributed by atoms with van der Waals surface area (Å²) in [5, 5.41) is 0.180. The molecule has 0 aromatic carbocycles. The van der Waals surface area contributed by atoms with E-state index in [1.165, 1.54) is 17.3 Å². The molecule has 0 saturated carbocycles. The van der Waals surface area contributed by atoms with Crippen molar-refractivity contribution in [2.24, 2.45) is 5.92 Å². The van der Waals surface area contributed by atoms with Gasteiger partial charge in [-0.25, -0.2) is 0 Å². The van der Waals surface area contributed by atoms with Gasteiger partial charge in [-0.05, 0) is 57.8 Å². The number of carbonyl (C=O) groups is 1. The Hall–Kier alpha value is -1.28. The second-order valence-electron chi connectivity index (χ2n) is 5.52. The van der Waals surface area contributed by atoms with E-state index in [0.717, 1.165) is 24.8 Å². The highest BCUT2D eigenvalue weighted by Gasteiger charge is 2.02. The third kappa shape index (κ3) is 11.4. The van der Waals surface area contributed by atoms with Crippen LogP contribution in [-0.2, 0) is 4.79 Å². The Kier molecular flexibility index (Phi) is 12.6. The van der Waals surface area contributed by atoms with Gasteiger partial charge in [-0.3, -0.25) is 4.79 Å². The first-order chi connectivity index (χ1) is 10.5. The van der Waals surface area contributed by atoms with Gasteiger partial charge < -0.3 is 0 Å². The zero-order valence-corrected chi connectivity index (χ0v) is 15.5. The molecule has 0 heterocycles. The van der Waals surface area contributed by atoms with Crippen LogP contribution in [0, 0.1) is 5.92 Å². The fourth-order valence-corrected chi connectivity index (χ4v) is 2.28. The number of hydrogen-bond donors (Lipinski definition) is 0. The van der Waals surface area contributed by atoms with Gasteiger partial charge in [0.25, 0.3) is 0 Å². The fourth-order valence-electron chi connectivity index (χ4n) is 1.87. The van der Waals surface area contributed by atoms with Crippen molar-refractivity contribution in [3.05, 3.63) is 59.8 Å². The molecule has 22 heavy (non-hydrogen) atoms. The molecular formula is C20H30OS. The first-order valence-electron chi connectivity index (χ1n) is 7.89. The molecule has 122 valence electrons. The van der Waals surface area contributed by atoms with Crippen molar-refractivity contribution < 1.29 is 4.79 Å².